The normalized spacial score (nSPS) is 10.4. The molecule has 0 saturated carbocycles. The monoisotopic (exact) mass is 247 g/mol. The number of hydrogen-bond donors (Lipinski definition) is 3. The maximum atomic E-state index is 5.62. The van der Waals surface area contributed by atoms with Crippen molar-refractivity contribution in [2.75, 3.05) is 23.4 Å². The van der Waals surface area contributed by atoms with Crippen LogP contribution in [0.2, 0.25) is 0 Å². The minimum Gasteiger partial charge on any atom is -0.373 e. The lowest BCUT2D eigenvalue weighted by Gasteiger charge is -2.07. The molecule has 0 saturated heterocycles. The summed E-state index contributed by atoms with van der Waals surface area (Å²) in [5.74, 6) is 1.62. The first-order valence-corrected chi connectivity index (χ1v) is 5.64. The molecule has 2 aromatic rings. The van der Waals surface area contributed by atoms with Crippen molar-refractivity contribution in [3.8, 4) is 0 Å². The zero-order valence-corrected chi connectivity index (χ0v) is 10.7. The Kier molecular flexibility index (Phi) is 3.31. The molecule has 0 aliphatic rings. The largest absolute Gasteiger partial charge is 0.373 e. The summed E-state index contributed by atoms with van der Waals surface area (Å²) in [4.78, 5) is 8.15. The predicted molar refractivity (Wildman–Crippen MR) is 71.3 cm³/mol. The molecule has 0 spiro atoms. The molecule has 0 atom stereocenters. The molecular weight excluding hydrogens is 230 g/mol. The lowest BCUT2D eigenvalue weighted by Crippen LogP contribution is -2.07. The number of anilines is 3. The second-order valence-corrected chi connectivity index (χ2v) is 3.98. The van der Waals surface area contributed by atoms with Gasteiger partial charge in [0.1, 0.15) is 11.6 Å². The van der Waals surface area contributed by atoms with Crippen molar-refractivity contribution in [2.45, 2.75) is 13.5 Å². The summed E-state index contributed by atoms with van der Waals surface area (Å²) in [6, 6.07) is 1.81. The second-order valence-electron chi connectivity index (χ2n) is 3.98. The summed E-state index contributed by atoms with van der Waals surface area (Å²) in [5.41, 5.74) is 7.87. The maximum absolute atomic E-state index is 5.62. The Balaban J connectivity index is 2.10. The van der Waals surface area contributed by atoms with Crippen LogP contribution in [0.25, 0.3) is 0 Å². The highest BCUT2D eigenvalue weighted by atomic mass is 15.3. The molecule has 0 fully saturated rings. The fourth-order valence-electron chi connectivity index (χ4n) is 1.59. The van der Waals surface area contributed by atoms with Crippen molar-refractivity contribution in [1.82, 2.24) is 19.7 Å². The van der Waals surface area contributed by atoms with E-state index in [0.29, 0.717) is 18.2 Å². The molecule has 7 heteroatoms. The Labute approximate surface area is 105 Å². The molecule has 2 aromatic heterocycles. The number of aryl methyl sites for hydroxylation is 1. The lowest BCUT2D eigenvalue weighted by molar-refractivity contribution is 0.738. The summed E-state index contributed by atoms with van der Waals surface area (Å²) >= 11 is 0. The van der Waals surface area contributed by atoms with Crippen molar-refractivity contribution in [3.05, 3.63) is 23.5 Å². The Morgan fingerprint density at radius 1 is 1.33 bits per heavy atom. The van der Waals surface area contributed by atoms with Gasteiger partial charge in [-0.25, -0.2) is 0 Å². The average molecular weight is 247 g/mol. The van der Waals surface area contributed by atoms with E-state index in [-0.39, 0.29) is 5.95 Å². The molecule has 2 rings (SSSR count). The van der Waals surface area contributed by atoms with Gasteiger partial charge in [0, 0.05) is 38.0 Å². The summed E-state index contributed by atoms with van der Waals surface area (Å²) in [7, 11) is 3.71. The van der Waals surface area contributed by atoms with Gasteiger partial charge in [-0.3, -0.25) is 4.68 Å². The summed E-state index contributed by atoms with van der Waals surface area (Å²) in [6.45, 7) is 2.68. The smallest absolute Gasteiger partial charge is 0.223 e. The molecule has 0 aromatic carbocycles. The van der Waals surface area contributed by atoms with Crippen LogP contribution in [-0.2, 0) is 13.6 Å². The minimum atomic E-state index is 0.243. The van der Waals surface area contributed by atoms with Crippen LogP contribution >= 0.6 is 0 Å². The van der Waals surface area contributed by atoms with Crippen LogP contribution in [0, 0.1) is 6.92 Å². The van der Waals surface area contributed by atoms with Gasteiger partial charge in [-0.2, -0.15) is 15.1 Å². The fourth-order valence-corrected chi connectivity index (χ4v) is 1.59. The third-order valence-corrected chi connectivity index (χ3v) is 2.80. The van der Waals surface area contributed by atoms with Crippen LogP contribution < -0.4 is 16.4 Å². The van der Waals surface area contributed by atoms with Crippen LogP contribution in [0.4, 0.5) is 17.6 Å². The van der Waals surface area contributed by atoms with Crippen molar-refractivity contribution in [2.24, 2.45) is 7.05 Å². The van der Waals surface area contributed by atoms with Crippen LogP contribution in [0.5, 0.6) is 0 Å². The van der Waals surface area contributed by atoms with Gasteiger partial charge in [-0.05, 0) is 6.92 Å². The van der Waals surface area contributed by atoms with Gasteiger partial charge >= 0.3 is 0 Å². The number of hydrogen-bond acceptors (Lipinski definition) is 6. The van der Waals surface area contributed by atoms with E-state index in [1.165, 1.54) is 0 Å². The number of nitrogens with zero attached hydrogens (tertiary/aromatic N) is 4. The highest BCUT2D eigenvalue weighted by molar-refractivity contribution is 5.50. The fraction of sp³-hybridized carbons (Fsp3) is 0.364. The highest BCUT2D eigenvalue weighted by Gasteiger charge is 2.05. The minimum absolute atomic E-state index is 0.243. The molecule has 0 radical (unpaired) electrons. The Morgan fingerprint density at radius 2 is 2.06 bits per heavy atom. The first kappa shape index (κ1) is 12.2. The van der Waals surface area contributed by atoms with Crippen LogP contribution in [-0.4, -0.2) is 26.8 Å². The standard InChI is InChI=1S/C11H17N7/c1-7-8(6-15-18(7)3)5-14-10-4-9(13-2)16-11(12)17-10/h4,6H,5H2,1-3H3,(H4,12,13,14,16,17). The van der Waals surface area contributed by atoms with E-state index in [0.717, 1.165) is 11.3 Å². The van der Waals surface area contributed by atoms with Gasteiger partial charge in [0.25, 0.3) is 0 Å². The molecule has 18 heavy (non-hydrogen) atoms. The number of nitrogens with one attached hydrogen (secondary N) is 2. The van der Waals surface area contributed by atoms with Gasteiger partial charge in [0.05, 0.1) is 6.20 Å². The molecule has 7 nitrogen and oxygen atoms in total. The van der Waals surface area contributed by atoms with Gasteiger partial charge in [-0.1, -0.05) is 0 Å². The summed E-state index contributed by atoms with van der Waals surface area (Å²) in [5, 5.41) is 10.3. The van der Waals surface area contributed by atoms with E-state index in [4.69, 9.17) is 5.73 Å². The zero-order valence-electron chi connectivity index (χ0n) is 10.7. The number of rotatable bonds is 4. The average Bonchev–Trinajstić information content (AvgIpc) is 2.67. The Bertz CT molecular complexity index is 546. The second kappa shape index (κ2) is 4.91. The van der Waals surface area contributed by atoms with E-state index in [1.807, 2.05) is 30.9 Å². The zero-order chi connectivity index (χ0) is 13.1. The molecule has 0 bridgehead atoms. The van der Waals surface area contributed by atoms with Crippen LogP contribution in [0.3, 0.4) is 0 Å². The molecule has 96 valence electrons. The van der Waals surface area contributed by atoms with Crippen molar-refractivity contribution >= 4 is 17.6 Å². The summed E-state index contributed by atoms with van der Waals surface area (Å²) in [6.07, 6.45) is 1.84. The third-order valence-electron chi connectivity index (χ3n) is 2.80. The first-order chi connectivity index (χ1) is 8.60. The quantitative estimate of drug-likeness (QED) is 0.738. The molecule has 0 amide bonds. The van der Waals surface area contributed by atoms with E-state index >= 15 is 0 Å². The molecule has 0 aliphatic heterocycles. The van der Waals surface area contributed by atoms with Gasteiger partial charge in [0.2, 0.25) is 5.95 Å². The van der Waals surface area contributed by atoms with Crippen molar-refractivity contribution in [3.63, 3.8) is 0 Å². The van der Waals surface area contributed by atoms with Gasteiger partial charge < -0.3 is 16.4 Å². The van der Waals surface area contributed by atoms with Gasteiger partial charge in [0.15, 0.2) is 0 Å². The molecular formula is C11H17N7. The molecule has 0 unspecified atom stereocenters. The van der Waals surface area contributed by atoms with E-state index in [1.54, 1.807) is 7.05 Å². The first-order valence-electron chi connectivity index (χ1n) is 5.64. The number of nitrogen functional groups attached to an aromatic ring is 1. The predicted octanol–water partition coefficient (Wildman–Crippen LogP) is 0.755. The van der Waals surface area contributed by atoms with Crippen molar-refractivity contribution in [1.29, 1.82) is 0 Å². The maximum Gasteiger partial charge on any atom is 0.223 e. The molecule has 2 heterocycles. The van der Waals surface area contributed by atoms with E-state index in [9.17, 15) is 0 Å². The van der Waals surface area contributed by atoms with Crippen LogP contribution in [0.1, 0.15) is 11.3 Å². The van der Waals surface area contributed by atoms with Crippen LogP contribution in [0.15, 0.2) is 12.3 Å². The Morgan fingerprint density at radius 3 is 2.67 bits per heavy atom. The molecule has 4 N–H and O–H groups in total. The van der Waals surface area contributed by atoms with Crippen molar-refractivity contribution < 1.29 is 0 Å². The van der Waals surface area contributed by atoms with E-state index < -0.39 is 0 Å². The summed E-state index contributed by atoms with van der Waals surface area (Å²) < 4.78 is 1.84. The highest BCUT2D eigenvalue weighted by Crippen LogP contribution is 2.14. The topological polar surface area (TPSA) is 93.7 Å². The number of nitrogens with two attached hydrogens (primary N) is 1. The molecule has 0 aliphatic carbocycles. The van der Waals surface area contributed by atoms with Gasteiger partial charge in [-0.15, -0.1) is 0 Å². The van der Waals surface area contributed by atoms with E-state index in [2.05, 4.69) is 25.7 Å². The number of aromatic nitrogens is 4. The Hall–Kier alpha value is -2.31. The third kappa shape index (κ3) is 2.50. The lowest BCUT2D eigenvalue weighted by atomic mass is 10.2. The SMILES string of the molecule is CNc1cc(NCc2cnn(C)c2C)nc(N)n1.